The highest BCUT2D eigenvalue weighted by atomic mass is 19.1. The Morgan fingerprint density at radius 1 is 1.27 bits per heavy atom. The number of carbonyl (C=O) groups excluding carboxylic acids is 3. The number of nitrogens with zero attached hydrogens (tertiary/aromatic N) is 3. The van der Waals surface area contributed by atoms with Crippen molar-refractivity contribution in [1.29, 1.82) is 0 Å². The number of benzene rings is 1. The molecule has 1 aromatic carbocycles. The second kappa shape index (κ2) is 8.30. The van der Waals surface area contributed by atoms with Gasteiger partial charge >= 0.3 is 11.8 Å². The fourth-order valence-corrected chi connectivity index (χ4v) is 4.51. The van der Waals surface area contributed by atoms with Crippen molar-refractivity contribution in [2.45, 2.75) is 37.9 Å². The van der Waals surface area contributed by atoms with Crippen LogP contribution in [0.1, 0.15) is 41.1 Å². The molecule has 0 saturated heterocycles. The maximum atomic E-state index is 13.1. The lowest BCUT2D eigenvalue weighted by atomic mass is 9.90. The summed E-state index contributed by atoms with van der Waals surface area (Å²) in [5.41, 5.74) is -1.73. The first-order valence-corrected chi connectivity index (χ1v) is 10.5. The van der Waals surface area contributed by atoms with Crippen molar-refractivity contribution in [3.63, 3.8) is 0 Å². The fraction of sp³-hybridized carbons (Fsp3) is 0.409. The molecule has 3 amide bonds. The Labute approximate surface area is 188 Å². The molecule has 2 atom stereocenters. The molecule has 2 aromatic rings. The number of hydrogen-bond acceptors (Lipinski definition) is 6. The fourth-order valence-electron chi connectivity index (χ4n) is 4.51. The largest absolute Gasteiger partial charge is 0.501 e. The molecule has 1 aromatic heterocycles. The lowest BCUT2D eigenvalue weighted by Gasteiger charge is -2.36. The molecule has 0 unspecified atom stereocenters. The van der Waals surface area contributed by atoms with Crippen LogP contribution in [0.5, 0.6) is 5.75 Å². The van der Waals surface area contributed by atoms with Gasteiger partial charge in [-0.3, -0.25) is 23.7 Å². The Morgan fingerprint density at radius 2 is 1.97 bits per heavy atom. The van der Waals surface area contributed by atoms with Crippen molar-refractivity contribution in [3.05, 3.63) is 57.5 Å². The van der Waals surface area contributed by atoms with Gasteiger partial charge in [-0.15, -0.1) is 0 Å². The zero-order chi connectivity index (χ0) is 23.9. The number of fused-ring (bicyclic) bond motifs is 4. The summed E-state index contributed by atoms with van der Waals surface area (Å²) < 4.78 is 14.4. The van der Waals surface area contributed by atoms with E-state index in [-0.39, 0.29) is 18.3 Å². The van der Waals surface area contributed by atoms with Gasteiger partial charge in [0.15, 0.2) is 5.69 Å². The van der Waals surface area contributed by atoms with E-state index in [9.17, 15) is 28.7 Å². The van der Waals surface area contributed by atoms with Crippen LogP contribution in [0.4, 0.5) is 4.39 Å². The Hall–Kier alpha value is -3.76. The third kappa shape index (κ3) is 4.06. The molecule has 1 saturated carbocycles. The first kappa shape index (κ1) is 22.4. The molecule has 10 nitrogen and oxygen atoms in total. The maximum Gasteiger partial charge on any atom is 0.311 e. The standard InChI is InChI=1S/C22H24FN5O5/c1-27(2)20(33)18(31)26-22-8-7-13(9-22)11-28-19(32)16(29)15(25-21(22)28)17(30)24-10-12-3-5-14(23)6-4-12/h3-6,13,29H,7-11H2,1-2H3,(H,24,30)(H,26,31)/t13-,22-/m0/s1. The van der Waals surface area contributed by atoms with Crippen LogP contribution < -0.4 is 16.2 Å². The van der Waals surface area contributed by atoms with E-state index >= 15 is 0 Å². The highest BCUT2D eigenvalue weighted by Gasteiger charge is 2.50. The summed E-state index contributed by atoms with van der Waals surface area (Å²) in [4.78, 5) is 55.8. The zero-order valence-corrected chi connectivity index (χ0v) is 18.2. The van der Waals surface area contributed by atoms with Crippen LogP contribution in [0.25, 0.3) is 0 Å². The van der Waals surface area contributed by atoms with Gasteiger partial charge in [-0.1, -0.05) is 12.1 Å². The summed E-state index contributed by atoms with van der Waals surface area (Å²) in [6, 6.07) is 5.49. The van der Waals surface area contributed by atoms with E-state index < -0.39 is 46.1 Å². The van der Waals surface area contributed by atoms with E-state index in [0.29, 0.717) is 31.4 Å². The van der Waals surface area contributed by atoms with E-state index in [1.165, 1.54) is 42.9 Å². The third-order valence-corrected chi connectivity index (χ3v) is 6.17. The predicted molar refractivity (Wildman–Crippen MR) is 114 cm³/mol. The minimum atomic E-state index is -1.09. The number of halogens is 1. The molecule has 1 fully saturated rings. The van der Waals surface area contributed by atoms with Crippen molar-refractivity contribution in [2.75, 3.05) is 14.1 Å². The lowest BCUT2D eigenvalue weighted by molar-refractivity contribution is -0.145. The minimum absolute atomic E-state index is 0.0277. The van der Waals surface area contributed by atoms with Crippen molar-refractivity contribution in [1.82, 2.24) is 25.1 Å². The van der Waals surface area contributed by atoms with E-state index in [0.717, 1.165) is 4.90 Å². The first-order chi connectivity index (χ1) is 15.6. The second-order valence-corrected chi connectivity index (χ2v) is 8.70. The molecule has 2 heterocycles. The topological polar surface area (TPSA) is 134 Å². The van der Waals surface area contributed by atoms with Crippen LogP contribution in [-0.4, -0.2) is 51.4 Å². The zero-order valence-electron chi connectivity index (χ0n) is 18.2. The van der Waals surface area contributed by atoms with Crippen molar-refractivity contribution < 1.29 is 23.9 Å². The SMILES string of the molecule is CN(C)C(=O)C(=O)N[C@]12CC[C@H](Cn3c1nc(C(=O)NCc1ccc(F)cc1)c(O)c3=O)C2. The summed E-state index contributed by atoms with van der Waals surface area (Å²) >= 11 is 0. The van der Waals surface area contributed by atoms with Crippen LogP contribution in [0.3, 0.4) is 0 Å². The summed E-state index contributed by atoms with van der Waals surface area (Å²) in [7, 11) is 2.91. The predicted octanol–water partition coefficient (Wildman–Crippen LogP) is 0.231. The quantitative estimate of drug-likeness (QED) is 0.563. The normalized spacial score (nSPS) is 20.6. The highest BCUT2D eigenvalue weighted by molar-refractivity contribution is 6.35. The molecule has 1 aliphatic carbocycles. The molecular formula is C22H24FN5O5. The van der Waals surface area contributed by atoms with Crippen LogP contribution in [0, 0.1) is 11.7 Å². The van der Waals surface area contributed by atoms with Crippen LogP contribution in [0.2, 0.25) is 0 Å². The van der Waals surface area contributed by atoms with Crippen molar-refractivity contribution in [2.24, 2.45) is 5.92 Å². The number of aromatic hydroxyl groups is 1. The molecule has 174 valence electrons. The van der Waals surface area contributed by atoms with E-state index in [4.69, 9.17) is 0 Å². The number of likely N-dealkylation sites (N-methyl/N-ethyl adjacent to an activating group) is 1. The third-order valence-electron chi connectivity index (χ3n) is 6.17. The Balaban J connectivity index is 1.67. The maximum absolute atomic E-state index is 13.1. The molecule has 11 heteroatoms. The number of amides is 3. The van der Waals surface area contributed by atoms with Crippen LogP contribution >= 0.6 is 0 Å². The molecule has 2 bridgehead atoms. The van der Waals surface area contributed by atoms with Gasteiger partial charge in [0.1, 0.15) is 11.6 Å². The highest BCUT2D eigenvalue weighted by Crippen LogP contribution is 2.45. The second-order valence-electron chi connectivity index (χ2n) is 8.70. The smallest absolute Gasteiger partial charge is 0.311 e. The van der Waals surface area contributed by atoms with Gasteiger partial charge in [-0.25, -0.2) is 9.37 Å². The minimum Gasteiger partial charge on any atom is -0.501 e. The molecule has 4 rings (SSSR count). The van der Waals surface area contributed by atoms with Crippen molar-refractivity contribution >= 4 is 17.7 Å². The van der Waals surface area contributed by atoms with Gasteiger partial charge in [0.2, 0.25) is 5.75 Å². The monoisotopic (exact) mass is 457 g/mol. The first-order valence-electron chi connectivity index (χ1n) is 10.5. The van der Waals surface area contributed by atoms with Gasteiger partial charge in [0, 0.05) is 27.2 Å². The van der Waals surface area contributed by atoms with Crippen LogP contribution in [0.15, 0.2) is 29.1 Å². The molecule has 33 heavy (non-hydrogen) atoms. The number of carbonyl (C=O) groups is 3. The summed E-state index contributed by atoms with van der Waals surface area (Å²) in [6.45, 7) is 0.325. The average Bonchev–Trinajstić information content (AvgIpc) is 3.12. The molecular weight excluding hydrogens is 433 g/mol. The molecule has 0 radical (unpaired) electrons. The van der Waals surface area contributed by atoms with Gasteiger partial charge in [0.05, 0.1) is 5.54 Å². The van der Waals surface area contributed by atoms with E-state index in [2.05, 4.69) is 15.6 Å². The van der Waals surface area contributed by atoms with E-state index in [1.807, 2.05) is 0 Å². The Bertz CT molecular complexity index is 1190. The van der Waals surface area contributed by atoms with Gasteiger partial charge in [-0.05, 0) is 42.9 Å². The Kier molecular flexibility index (Phi) is 5.64. The number of rotatable bonds is 4. The average molecular weight is 457 g/mol. The van der Waals surface area contributed by atoms with Gasteiger partial charge < -0.3 is 20.6 Å². The van der Waals surface area contributed by atoms with Crippen molar-refractivity contribution in [3.8, 4) is 5.75 Å². The molecule has 0 spiro atoms. The number of aromatic nitrogens is 2. The van der Waals surface area contributed by atoms with Crippen LogP contribution in [-0.2, 0) is 28.2 Å². The summed E-state index contributed by atoms with van der Waals surface area (Å²) in [5, 5.41) is 15.7. The number of nitrogens with one attached hydrogen (secondary N) is 2. The van der Waals surface area contributed by atoms with E-state index in [1.54, 1.807) is 0 Å². The summed E-state index contributed by atoms with van der Waals surface area (Å²) in [5.74, 6) is -3.37. The van der Waals surface area contributed by atoms with Gasteiger partial charge in [-0.2, -0.15) is 0 Å². The number of hydrogen-bond donors (Lipinski definition) is 3. The molecule has 3 N–H and O–H groups in total. The lowest BCUT2D eigenvalue weighted by Crippen LogP contribution is -2.54. The summed E-state index contributed by atoms with van der Waals surface area (Å²) in [6.07, 6.45) is 1.59. The molecule has 1 aliphatic heterocycles. The Morgan fingerprint density at radius 3 is 2.64 bits per heavy atom. The van der Waals surface area contributed by atoms with Gasteiger partial charge in [0.25, 0.3) is 11.5 Å². The molecule has 2 aliphatic rings.